The highest BCUT2D eigenvalue weighted by Gasteiger charge is 2.26. The van der Waals surface area contributed by atoms with Crippen molar-refractivity contribution in [3.63, 3.8) is 0 Å². The van der Waals surface area contributed by atoms with Crippen molar-refractivity contribution in [1.82, 2.24) is 10.3 Å². The molecule has 23 heavy (non-hydrogen) atoms. The molecule has 2 aromatic rings. The summed E-state index contributed by atoms with van der Waals surface area (Å²) in [6.45, 7) is 0. The van der Waals surface area contributed by atoms with Crippen molar-refractivity contribution in [1.29, 1.82) is 10.5 Å². The third-order valence-corrected chi connectivity index (χ3v) is 3.87. The maximum Gasteiger partial charge on any atom is 0.274 e. The lowest BCUT2D eigenvalue weighted by molar-refractivity contribution is 0.0928. The summed E-state index contributed by atoms with van der Waals surface area (Å²) in [4.78, 5) is 16.1. The van der Waals surface area contributed by atoms with E-state index in [0.29, 0.717) is 5.56 Å². The van der Waals surface area contributed by atoms with E-state index in [0.717, 1.165) is 24.0 Å². The number of nitriles is 2. The zero-order chi connectivity index (χ0) is 16.4. The van der Waals surface area contributed by atoms with Crippen LogP contribution in [0, 0.1) is 22.7 Å². The second-order valence-corrected chi connectivity index (χ2v) is 5.29. The van der Waals surface area contributed by atoms with E-state index in [9.17, 15) is 9.90 Å². The molecule has 0 saturated heterocycles. The lowest BCUT2D eigenvalue weighted by Crippen LogP contribution is -2.28. The average molecular weight is 304 g/mol. The summed E-state index contributed by atoms with van der Waals surface area (Å²) in [6.07, 6.45) is 2.76. The number of hydrogen-bond acceptors (Lipinski definition) is 5. The second-order valence-electron chi connectivity index (χ2n) is 5.29. The normalized spacial score (nSPS) is 15.3. The van der Waals surface area contributed by atoms with Gasteiger partial charge in [0.2, 0.25) is 0 Å². The Bertz CT molecular complexity index is 877. The van der Waals surface area contributed by atoms with Gasteiger partial charge in [-0.25, -0.2) is 4.98 Å². The van der Waals surface area contributed by atoms with Crippen LogP contribution in [0.15, 0.2) is 30.5 Å². The molecule has 3 rings (SSSR count). The van der Waals surface area contributed by atoms with E-state index in [1.165, 1.54) is 12.3 Å². The molecule has 1 aromatic heterocycles. The molecule has 0 aliphatic heterocycles. The Balaban J connectivity index is 1.81. The monoisotopic (exact) mass is 304 g/mol. The summed E-state index contributed by atoms with van der Waals surface area (Å²) in [5.74, 6) is -0.811. The molecule has 0 spiro atoms. The zero-order valence-electron chi connectivity index (χ0n) is 12.1. The van der Waals surface area contributed by atoms with Crippen molar-refractivity contribution < 1.29 is 9.90 Å². The van der Waals surface area contributed by atoms with Gasteiger partial charge in [-0.05, 0) is 36.1 Å². The molecule has 1 heterocycles. The van der Waals surface area contributed by atoms with Crippen LogP contribution in [0.2, 0.25) is 0 Å². The van der Waals surface area contributed by atoms with Gasteiger partial charge in [-0.1, -0.05) is 6.07 Å². The number of aryl methyl sites for hydroxylation is 1. The highest BCUT2D eigenvalue weighted by molar-refractivity contribution is 5.95. The molecule has 0 fully saturated rings. The number of aromatic nitrogens is 1. The molecule has 0 bridgehead atoms. The van der Waals surface area contributed by atoms with Gasteiger partial charge in [0, 0.05) is 12.3 Å². The van der Waals surface area contributed by atoms with Crippen molar-refractivity contribution >= 4 is 5.91 Å². The van der Waals surface area contributed by atoms with E-state index in [-0.39, 0.29) is 23.0 Å². The number of carbonyl (C=O) groups is 1. The maximum absolute atomic E-state index is 12.3. The van der Waals surface area contributed by atoms with E-state index in [2.05, 4.69) is 16.4 Å². The number of hydrogen-bond donors (Lipinski definition) is 2. The summed E-state index contributed by atoms with van der Waals surface area (Å²) in [5.41, 5.74) is 2.71. The van der Waals surface area contributed by atoms with Gasteiger partial charge in [-0.15, -0.1) is 0 Å². The number of amides is 1. The van der Waals surface area contributed by atoms with E-state index in [1.807, 2.05) is 18.2 Å². The Morgan fingerprint density at radius 1 is 1.26 bits per heavy atom. The molecule has 2 N–H and O–H groups in total. The first kappa shape index (κ1) is 14.6. The highest BCUT2D eigenvalue weighted by atomic mass is 16.3. The van der Waals surface area contributed by atoms with Crippen molar-refractivity contribution in [2.45, 2.75) is 18.9 Å². The Morgan fingerprint density at radius 3 is 2.74 bits per heavy atom. The van der Waals surface area contributed by atoms with Crippen LogP contribution >= 0.6 is 0 Å². The van der Waals surface area contributed by atoms with Crippen molar-refractivity contribution in [3.05, 3.63) is 58.4 Å². The van der Waals surface area contributed by atoms with Crippen molar-refractivity contribution in [2.75, 3.05) is 0 Å². The largest absolute Gasteiger partial charge is 0.505 e. The highest BCUT2D eigenvalue weighted by Crippen LogP contribution is 2.32. The minimum Gasteiger partial charge on any atom is -0.505 e. The standard InChI is InChI=1S/C17H12N4O2/c18-7-10-1-3-13-12(5-10)2-4-14(13)21-17(23)16-15(22)6-11(8-19)9-20-16/h1,3,5-6,9,14,22H,2,4H2,(H,21,23). The molecule has 6 heteroatoms. The topological polar surface area (TPSA) is 110 Å². The quantitative estimate of drug-likeness (QED) is 0.881. The molecule has 6 nitrogen and oxygen atoms in total. The SMILES string of the molecule is N#Cc1cnc(C(=O)NC2CCc3cc(C#N)ccc32)c(O)c1. The Labute approximate surface area is 132 Å². The first-order valence-corrected chi connectivity index (χ1v) is 7.05. The summed E-state index contributed by atoms with van der Waals surface area (Å²) in [7, 11) is 0. The van der Waals surface area contributed by atoms with E-state index >= 15 is 0 Å². The minimum absolute atomic E-state index is 0.105. The zero-order valence-corrected chi connectivity index (χ0v) is 12.1. The Hall–Kier alpha value is -3.38. The molecular formula is C17H12N4O2. The maximum atomic E-state index is 12.3. The number of benzene rings is 1. The predicted octanol–water partition coefficient (Wildman–Crippen LogP) is 1.95. The molecule has 0 radical (unpaired) electrons. The van der Waals surface area contributed by atoms with Crippen LogP contribution in [0.5, 0.6) is 5.75 Å². The third-order valence-electron chi connectivity index (χ3n) is 3.87. The van der Waals surface area contributed by atoms with Crippen LogP contribution in [0.1, 0.15) is 45.2 Å². The number of rotatable bonds is 2. The number of nitrogens with one attached hydrogen (secondary N) is 1. The van der Waals surface area contributed by atoms with Crippen LogP contribution in [-0.4, -0.2) is 16.0 Å². The summed E-state index contributed by atoms with van der Waals surface area (Å²) < 4.78 is 0. The number of carbonyl (C=O) groups excluding carboxylic acids is 1. The number of fused-ring (bicyclic) bond motifs is 1. The summed E-state index contributed by atoms with van der Waals surface area (Å²) in [5, 5.41) is 30.3. The first-order valence-electron chi connectivity index (χ1n) is 7.05. The number of aromatic hydroxyl groups is 1. The third kappa shape index (κ3) is 2.70. The summed E-state index contributed by atoms with van der Waals surface area (Å²) in [6, 6.07) is 10.4. The van der Waals surface area contributed by atoms with Gasteiger partial charge in [-0.2, -0.15) is 10.5 Å². The molecule has 112 valence electrons. The molecule has 1 aliphatic carbocycles. The molecular weight excluding hydrogens is 292 g/mol. The van der Waals surface area contributed by atoms with Crippen molar-refractivity contribution in [2.24, 2.45) is 0 Å². The average Bonchev–Trinajstić information content (AvgIpc) is 2.96. The molecule has 0 saturated carbocycles. The molecule has 1 unspecified atom stereocenters. The van der Waals surface area contributed by atoms with E-state index in [4.69, 9.17) is 10.5 Å². The molecule has 1 aromatic carbocycles. The molecule has 1 amide bonds. The van der Waals surface area contributed by atoms with Gasteiger partial charge in [0.05, 0.1) is 23.2 Å². The lowest BCUT2D eigenvalue weighted by atomic mass is 10.1. The summed E-state index contributed by atoms with van der Waals surface area (Å²) >= 11 is 0. The Morgan fingerprint density at radius 2 is 2.04 bits per heavy atom. The van der Waals surface area contributed by atoms with Crippen LogP contribution in [0.25, 0.3) is 0 Å². The fourth-order valence-corrected chi connectivity index (χ4v) is 2.75. The molecule has 1 atom stereocenters. The Kier molecular flexibility index (Phi) is 3.66. The molecule has 1 aliphatic rings. The number of nitrogens with zero attached hydrogens (tertiary/aromatic N) is 3. The fraction of sp³-hybridized carbons (Fsp3) is 0.176. The van der Waals surface area contributed by atoms with E-state index in [1.54, 1.807) is 6.07 Å². The minimum atomic E-state index is -0.491. The first-order chi connectivity index (χ1) is 11.1. The van der Waals surface area contributed by atoms with Gasteiger partial charge in [0.15, 0.2) is 5.69 Å². The number of pyridine rings is 1. The predicted molar refractivity (Wildman–Crippen MR) is 80.3 cm³/mol. The van der Waals surface area contributed by atoms with Crippen LogP contribution in [-0.2, 0) is 6.42 Å². The van der Waals surface area contributed by atoms with Crippen molar-refractivity contribution in [3.8, 4) is 17.9 Å². The van der Waals surface area contributed by atoms with Crippen LogP contribution in [0.4, 0.5) is 0 Å². The van der Waals surface area contributed by atoms with Gasteiger partial charge in [0.25, 0.3) is 5.91 Å². The van der Waals surface area contributed by atoms with Gasteiger partial charge in [0.1, 0.15) is 11.8 Å². The lowest BCUT2D eigenvalue weighted by Gasteiger charge is -2.14. The second kappa shape index (κ2) is 5.78. The fourth-order valence-electron chi connectivity index (χ4n) is 2.75. The van der Waals surface area contributed by atoms with Gasteiger partial charge < -0.3 is 10.4 Å². The van der Waals surface area contributed by atoms with E-state index < -0.39 is 5.91 Å². The smallest absolute Gasteiger partial charge is 0.274 e. The van der Waals surface area contributed by atoms with Gasteiger partial charge >= 0.3 is 0 Å². The van der Waals surface area contributed by atoms with Gasteiger partial charge in [-0.3, -0.25) is 4.79 Å². The van der Waals surface area contributed by atoms with Crippen LogP contribution < -0.4 is 5.32 Å². The van der Waals surface area contributed by atoms with Crippen LogP contribution in [0.3, 0.4) is 0 Å².